The fraction of sp³-hybridized carbons (Fsp3) is 0.316. The van der Waals surface area contributed by atoms with Gasteiger partial charge < -0.3 is 9.30 Å². The van der Waals surface area contributed by atoms with Crippen LogP contribution in [0.15, 0.2) is 35.3 Å². The number of hydrogen-bond acceptors (Lipinski definition) is 8. The van der Waals surface area contributed by atoms with E-state index in [0.717, 1.165) is 30.2 Å². The van der Waals surface area contributed by atoms with Gasteiger partial charge in [0, 0.05) is 24.4 Å². The van der Waals surface area contributed by atoms with Gasteiger partial charge >= 0.3 is 17.2 Å². The molecule has 1 aromatic heterocycles. The molecule has 0 atom stereocenters. The monoisotopic (exact) mass is 449 g/mol. The van der Waals surface area contributed by atoms with Crippen molar-refractivity contribution in [3.05, 3.63) is 67.6 Å². The fourth-order valence-corrected chi connectivity index (χ4v) is 4.42. The zero-order chi connectivity index (χ0) is 22.9. The number of pyridine rings is 1. The molecule has 0 aliphatic carbocycles. The highest BCUT2D eigenvalue weighted by Crippen LogP contribution is 2.30. The molecular formula is C19H19N3O8S. The predicted octanol–water partition coefficient (Wildman–Crippen LogP) is 1.14. The van der Waals surface area contributed by atoms with Crippen LogP contribution in [-0.2, 0) is 27.7 Å². The molecule has 1 aliphatic heterocycles. The number of fused-ring (bicyclic) bond motifs is 1. The Balaban J connectivity index is 1.97. The summed E-state index contributed by atoms with van der Waals surface area (Å²) < 4.78 is 30.5. The Labute approximate surface area is 177 Å². The summed E-state index contributed by atoms with van der Waals surface area (Å²) in [5.41, 5.74) is -0.755. The summed E-state index contributed by atoms with van der Waals surface area (Å²) in [6, 6.07) is 5.32. The molecule has 0 radical (unpaired) electrons. The van der Waals surface area contributed by atoms with E-state index in [1.54, 1.807) is 6.07 Å². The second kappa shape index (κ2) is 8.30. The Morgan fingerprint density at radius 1 is 1.23 bits per heavy atom. The van der Waals surface area contributed by atoms with Crippen molar-refractivity contribution >= 4 is 33.2 Å². The smallest absolute Gasteiger partial charge is 0.339 e. The Morgan fingerprint density at radius 3 is 2.55 bits per heavy atom. The Bertz CT molecular complexity index is 1250. The number of hydrogen-bond donors (Lipinski definition) is 0. The zero-order valence-electron chi connectivity index (χ0n) is 16.7. The molecule has 12 heteroatoms. The van der Waals surface area contributed by atoms with Gasteiger partial charge in [0.15, 0.2) is 5.78 Å². The first-order chi connectivity index (χ1) is 14.5. The SMILES string of the molecule is COC(=O)c1cc([N+](=O)[O-])c(=O)n(CC(=O)c2ccc3c(c2)CCCN3S(C)(=O)=O)c1. The normalized spacial score (nSPS) is 13.4. The van der Waals surface area contributed by atoms with Crippen molar-refractivity contribution in [2.24, 2.45) is 0 Å². The van der Waals surface area contributed by atoms with Gasteiger partial charge in [-0.3, -0.25) is 24.0 Å². The number of nitrogens with zero attached hydrogens (tertiary/aromatic N) is 3. The predicted molar refractivity (Wildman–Crippen MR) is 110 cm³/mol. The van der Waals surface area contributed by atoms with Gasteiger partial charge in [-0.2, -0.15) is 0 Å². The van der Waals surface area contributed by atoms with E-state index in [4.69, 9.17) is 0 Å². The Kier molecular flexibility index (Phi) is 5.93. The molecule has 0 fully saturated rings. The van der Waals surface area contributed by atoms with E-state index in [2.05, 4.69) is 4.74 Å². The average molecular weight is 449 g/mol. The van der Waals surface area contributed by atoms with Gasteiger partial charge in [0.1, 0.15) is 0 Å². The molecule has 0 bridgehead atoms. The third kappa shape index (κ3) is 4.48. The maximum absolute atomic E-state index is 12.8. The standard InChI is InChI=1S/C19H19N3O8S/c1-30-19(25)14-9-16(22(26)27)18(24)20(10-14)11-17(23)13-5-6-15-12(8-13)4-3-7-21(15)31(2,28)29/h5-6,8-10H,3-4,7,11H2,1-2H3. The van der Waals surface area contributed by atoms with E-state index in [9.17, 15) is 32.9 Å². The number of carbonyl (C=O) groups excluding carboxylic acids is 2. The third-order valence-electron chi connectivity index (χ3n) is 4.88. The van der Waals surface area contributed by atoms with Gasteiger partial charge in [-0.25, -0.2) is 13.2 Å². The van der Waals surface area contributed by atoms with Crippen LogP contribution in [0.3, 0.4) is 0 Å². The van der Waals surface area contributed by atoms with Crippen LogP contribution in [0.25, 0.3) is 0 Å². The molecule has 31 heavy (non-hydrogen) atoms. The van der Waals surface area contributed by atoms with Crippen molar-refractivity contribution in [2.45, 2.75) is 19.4 Å². The van der Waals surface area contributed by atoms with Gasteiger partial charge in [0.05, 0.1) is 36.1 Å². The largest absolute Gasteiger partial charge is 0.465 e. The number of nitro groups is 1. The number of Topliss-reactive ketones (excluding diaryl/α,β-unsaturated/α-hetero) is 1. The van der Waals surface area contributed by atoms with Crippen LogP contribution in [0.1, 0.15) is 32.7 Å². The lowest BCUT2D eigenvalue weighted by Crippen LogP contribution is -2.34. The second-order valence-electron chi connectivity index (χ2n) is 7.00. The molecule has 0 saturated heterocycles. The molecule has 0 saturated carbocycles. The average Bonchev–Trinajstić information content (AvgIpc) is 2.72. The molecule has 3 rings (SSSR count). The molecule has 11 nitrogen and oxygen atoms in total. The fourth-order valence-electron chi connectivity index (χ4n) is 3.42. The maximum Gasteiger partial charge on any atom is 0.339 e. The molecule has 1 aromatic carbocycles. The van der Waals surface area contributed by atoms with Crippen molar-refractivity contribution in [3.8, 4) is 0 Å². The second-order valence-corrected chi connectivity index (χ2v) is 8.91. The van der Waals surface area contributed by atoms with Crippen molar-refractivity contribution < 1.29 is 27.7 Å². The molecule has 0 spiro atoms. The van der Waals surface area contributed by atoms with Gasteiger partial charge in [-0.15, -0.1) is 0 Å². The quantitative estimate of drug-likeness (QED) is 0.276. The highest BCUT2D eigenvalue weighted by atomic mass is 32.2. The van der Waals surface area contributed by atoms with Crippen LogP contribution in [0, 0.1) is 10.1 Å². The summed E-state index contributed by atoms with van der Waals surface area (Å²) in [7, 11) is -2.37. The van der Waals surface area contributed by atoms with E-state index in [-0.39, 0.29) is 11.1 Å². The lowest BCUT2D eigenvalue weighted by atomic mass is 9.99. The number of esters is 1. The van der Waals surface area contributed by atoms with Crippen LogP contribution >= 0.6 is 0 Å². The minimum absolute atomic E-state index is 0.215. The van der Waals surface area contributed by atoms with Gasteiger partial charge in [0.25, 0.3) is 0 Å². The van der Waals surface area contributed by atoms with Gasteiger partial charge in [0.2, 0.25) is 10.0 Å². The van der Waals surface area contributed by atoms with Crippen LogP contribution in [0.5, 0.6) is 0 Å². The van der Waals surface area contributed by atoms with Crippen molar-refractivity contribution in [1.29, 1.82) is 0 Å². The summed E-state index contributed by atoms with van der Waals surface area (Å²) in [6.45, 7) is -0.197. The minimum atomic E-state index is -3.46. The van der Waals surface area contributed by atoms with Crippen LogP contribution < -0.4 is 9.86 Å². The molecular weight excluding hydrogens is 430 g/mol. The lowest BCUT2D eigenvalue weighted by Gasteiger charge is -2.29. The number of rotatable bonds is 6. The number of sulfonamides is 1. The van der Waals surface area contributed by atoms with E-state index < -0.39 is 44.5 Å². The van der Waals surface area contributed by atoms with E-state index in [0.29, 0.717) is 30.6 Å². The summed E-state index contributed by atoms with van der Waals surface area (Å²) in [5, 5.41) is 11.2. The summed E-state index contributed by atoms with van der Waals surface area (Å²) in [4.78, 5) is 47.2. The molecule has 0 unspecified atom stereocenters. The Hall–Kier alpha value is -3.54. The molecule has 0 N–H and O–H groups in total. The molecule has 164 valence electrons. The maximum atomic E-state index is 12.8. The number of ketones is 1. The summed E-state index contributed by atoms with van der Waals surface area (Å²) in [6.07, 6.45) is 3.30. The number of aryl methyl sites for hydroxylation is 1. The third-order valence-corrected chi connectivity index (χ3v) is 6.06. The van der Waals surface area contributed by atoms with Crippen molar-refractivity contribution in [3.63, 3.8) is 0 Å². The van der Waals surface area contributed by atoms with Crippen molar-refractivity contribution in [2.75, 3.05) is 24.2 Å². The number of methoxy groups -OCH3 is 1. The van der Waals surface area contributed by atoms with E-state index in [1.165, 1.54) is 16.4 Å². The highest BCUT2D eigenvalue weighted by molar-refractivity contribution is 7.92. The number of ether oxygens (including phenoxy) is 1. The van der Waals surface area contributed by atoms with Crippen LogP contribution in [-0.4, -0.2) is 49.6 Å². The van der Waals surface area contributed by atoms with Gasteiger partial charge in [-0.05, 0) is 36.6 Å². The first kappa shape index (κ1) is 22.2. The highest BCUT2D eigenvalue weighted by Gasteiger charge is 2.25. The summed E-state index contributed by atoms with van der Waals surface area (Å²) >= 11 is 0. The zero-order valence-corrected chi connectivity index (χ0v) is 17.5. The lowest BCUT2D eigenvalue weighted by molar-refractivity contribution is -0.386. The molecule has 2 heterocycles. The number of carbonyl (C=O) groups is 2. The van der Waals surface area contributed by atoms with Gasteiger partial charge in [-0.1, -0.05) is 0 Å². The summed E-state index contributed by atoms with van der Waals surface area (Å²) in [5.74, 6) is -1.42. The Morgan fingerprint density at radius 2 is 1.94 bits per heavy atom. The molecule has 1 aliphatic rings. The first-order valence-corrected chi connectivity index (χ1v) is 11.0. The van der Waals surface area contributed by atoms with Crippen LogP contribution in [0.4, 0.5) is 11.4 Å². The van der Waals surface area contributed by atoms with E-state index in [1.807, 2.05) is 0 Å². The number of benzene rings is 1. The van der Waals surface area contributed by atoms with Crippen molar-refractivity contribution in [1.82, 2.24) is 4.57 Å². The number of anilines is 1. The minimum Gasteiger partial charge on any atom is -0.465 e. The van der Waals surface area contributed by atoms with E-state index >= 15 is 0 Å². The molecule has 0 amide bonds. The molecule has 2 aromatic rings. The first-order valence-electron chi connectivity index (χ1n) is 9.14. The number of aromatic nitrogens is 1. The topological polar surface area (TPSA) is 146 Å². The van der Waals surface area contributed by atoms with Crippen LogP contribution in [0.2, 0.25) is 0 Å².